The lowest BCUT2D eigenvalue weighted by Gasteiger charge is -2.22. The summed E-state index contributed by atoms with van der Waals surface area (Å²) in [4.78, 5) is 1.74. The van der Waals surface area contributed by atoms with E-state index in [0.717, 1.165) is 12.1 Å². The summed E-state index contributed by atoms with van der Waals surface area (Å²) in [5, 5.41) is 5.24. The molecule has 3 aromatic rings. The lowest BCUT2D eigenvalue weighted by molar-refractivity contribution is -0.957. The van der Waals surface area contributed by atoms with E-state index in [1.165, 1.54) is 10.5 Å². The molecule has 0 spiro atoms. The van der Waals surface area contributed by atoms with Crippen molar-refractivity contribution in [2.75, 3.05) is 0 Å². The highest BCUT2D eigenvalue weighted by Crippen LogP contribution is 2.20. The zero-order chi connectivity index (χ0) is 17.8. The maximum atomic E-state index is 5.94. The van der Waals surface area contributed by atoms with Crippen LogP contribution in [0.25, 0.3) is 11.5 Å². The first-order chi connectivity index (χ1) is 12.0. The van der Waals surface area contributed by atoms with E-state index in [9.17, 15) is 0 Å². The Morgan fingerprint density at radius 3 is 2.44 bits per heavy atom. The Bertz CT molecular complexity index is 872. The minimum absolute atomic E-state index is 0.385. The molecule has 3 rings (SSSR count). The SMILES string of the molecule is CC(C)[NH+](Cc1ccccc1)Cn1nc(-c2ccc(Cl)cc2)oc1=S. The van der Waals surface area contributed by atoms with Crippen molar-refractivity contribution in [3.05, 3.63) is 70.0 Å². The molecule has 1 N–H and O–H groups in total. The van der Waals surface area contributed by atoms with Crippen LogP contribution in [-0.4, -0.2) is 15.8 Å². The van der Waals surface area contributed by atoms with E-state index in [2.05, 4.69) is 43.2 Å². The highest BCUT2D eigenvalue weighted by Gasteiger charge is 2.17. The summed E-state index contributed by atoms with van der Waals surface area (Å²) in [6, 6.07) is 18.3. The summed E-state index contributed by atoms with van der Waals surface area (Å²) in [5.41, 5.74) is 2.16. The van der Waals surface area contributed by atoms with Gasteiger partial charge in [-0.1, -0.05) is 41.9 Å². The molecule has 0 saturated heterocycles. The Morgan fingerprint density at radius 2 is 1.80 bits per heavy atom. The average Bonchev–Trinajstić information content (AvgIpc) is 2.96. The van der Waals surface area contributed by atoms with Gasteiger partial charge in [0.2, 0.25) is 5.89 Å². The third kappa shape index (κ3) is 4.57. The van der Waals surface area contributed by atoms with Gasteiger partial charge in [0.25, 0.3) is 4.84 Å². The Hall–Kier alpha value is -1.95. The summed E-state index contributed by atoms with van der Waals surface area (Å²) in [5.74, 6) is 0.518. The van der Waals surface area contributed by atoms with Crippen LogP contribution in [0.2, 0.25) is 5.02 Å². The number of quaternary nitrogens is 1. The molecule has 1 heterocycles. The van der Waals surface area contributed by atoms with Gasteiger partial charge in [-0.2, -0.15) is 4.68 Å². The molecule has 0 aliphatic heterocycles. The van der Waals surface area contributed by atoms with E-state index in [1.54, 1.807) is 4.68 Å². The number of nitrogens with one attached hydrogen (secondary N) is 1. The normalized spacial score (nSPS) is 12.5. The molecule has 0 amide bonds. The Labute approximate surface area is 157 Å². The van der Waals surface area contributed by atoms with Crippen molar-refractivity contribution in [1.29, 1.82) is 0 Å². The molecule has 25 heavy (non-hydrogen) atoms. The standard InChI is InChI=1S/C19H20ClN3OS/c1-14(2)22(12-15-6-4-3-5-7-15)13-23-19(25)24-18(21-23)16-8-10-17(20)11-9-16/h3-11,14H,12-13H2,1-2H3/p+1. The largest absolute Gasteiger partial charge is 0.409 e. The van der Waals surface area contributed by atoms with Crippen LogP contribution in [0, 0.1) is 4.84 Å². The van der Waals surface area contributed by atoms with E-state index in [4.69, 9.17) is 28.2 Å². The number of halogens is 1. The number of rotatable bonds is 6. The second kappa shape index (κ2) is 7.95. The average molecular weight is 375 g/mol. The summed E-state index contributed by atoms with van der Waals surface area (Å²) in [7, 11) is 0. The first-order valence-corrected chi connectivity index (χ1v) is 9.04. The molecule has 1 atom stereocenters. The fourth-order valence-electron chi connectivity index (χ4n) is 2.61. The van der Waals surface area contributed by atoms with Crippen LogP contribution in [0.4, 0.5) is 0 Å². The first kappa shape index (κ1) is 17.9. The number of benzene rings is 2. The number of hydrogen-bond donors (Lipinski definition) is 1. The number of nitrogens with zero attached hydrogens (tertiary/aromatic N) is 2. The van der Waals surface area contributed by atoms with Gasteiger partial charge in [-0.3, -0.25) is 0 Å². The summed E-state index contributed by atoms with van der Waals surface area (Å²) in [6.45, 7) is 5.95. The van der Waals surface area contributed by atoms with Crippen molar-refractivity contribution in [2.45, 2.75) is 33.1 Å². The van der Waals surface area contributed by atoms with Gasteiger partial charge in [0.05, 0.1) is 6.04 Å². The highest BCUT2D eigenvalue weighted by molar-refractivity contribution is 7.71. The fourth-order valence-corrected chi connectivity index (χ4v) is 2.92. The van der Waals surface area contributed by atoms with Crippen molar-refractivity contribution in [3.63, 3.8) is 0 Å². The third-order valence-corrected chi connectivity index (χ3v) is 4.69. The number of aromatic nitrogens is 2. The molecule has 2 aromatic carbocycles. The predicted octanol–water partition coefficient (Wildman–Crippen LogP) is 3.98. The smallest absolute Gasteiger partial charge is 0.292 e. The molecular formula is C19H21ClN3OS+. The van der Waals surface area contributed by atoms with E-state index in [0.29, 0.717) is 28.5 Å². The zero-order valence-corrected chi connectivity index (χ0v) is 15.8. The second-order valence-corrected chi connectivity index (χ2v) is 7.10. The fraction of sp³-hybridized carbons (Fsp3) is 0.263. The molecule has 0 radical (unpaired) electrons. The van der Waals surface area contributed by atoms with Crippen molar-refractivity contribution in [2.24, 2.45) is 0 Å². The van der Waals surface area contributed by atoms with Gasteiger partial charge in [-0.05, 0) is 50.3 Å². The Balaban J connectivity index is 1.80. The van der Waals surface area contributed by atoms with Gasteiger partial charge < -0.3 is 9.32 Å². The molecule has 0 bridgehead atoms. The van der Waals surface area contributed by atoms with E-state index < -0.39 is 0 Å². The lowest BCUT2D eigenvalue weighted by Crippen LogP contribution is -3.13. The van der Waals surface area contributed by atoms with Crippen LogP contribution >= 0.6 is 23.8 Å². The van der Waals surface area contributed by atoms with Crippen LogP contribution in [0.5, 0.6) is 0 Å². The van der Waals surface area contributed by atoms with Crippen molar-refractivity contribution in [1.82, 2.24) is 9.78 Å². The zero-order valence-electron chi connectivity index (χ0n) is 14.3. The highest BCUT2D eigenvalue weighted by atomic mass is 35.5. The van der Waals surface area contributed by atoms with Crippen LogP contribution in [0.3, 0.4) is 0 Å². The van der Waals surface area contributed by atoms with E-state index >= 15 is 0 Å². The van der Waals surface area contributed by atoms with Gasteiger partial charge in [0.1, 0.15) is 6.54 Å². The maximum absolute atomic E-state index is 5.94. The topological polar surface area (TPSA) is 35.4 Å². The molecule has 0 aliphatic carbocycles. The molecule has 1 aromatic heterocycles. The van der Waals surface area contributed by atoms with Gasteiger partial charge in [0.15, 0.2) is 6.67 Å². The van der Waals surface area contributed by atoms with Crippen molar-refractivity contribution in [3.8, 4) is 11.5 Å². The van der Waals surface area contributed by atoms with Gasteiger partial charge in [0, 0.05) is 16.1 Å². The number of hydrogen-bond acceptors (Lipinski definition) is 3. The molecule has 130 valence electrons. The predicted molar refractivity (Wildman–Crippen MR) is 102 cm³/mol. The van der Waals surface area contributed by atoms with Crippen molar-refractivity contribution >= 4 is 23.8 Å². The monoisotopic (exact) mass is 374 g/mol. The molecule has 0 aliphatic rings. The van der Waals surface area contributed by atoms with Crippen LogP contribution in [0.15, 0.2) is 59.0 Å². The third-order valence-electron chi connectivity index (χ3n) is 4.14. The molecule has 4 nitrogen and oxygen atoms in total. The van der Waals surface area contributed by atoms with Crippen molar-refractivity contribution < 1.29 is 9.32 Å². The molecule has 0 saturated carbocycles. The molecular weight excluding hydrogens is 354 g/mol. The van der Waals surface area contributed by atoms with Gasteiger partial charge in [-0.25, -0.2) is 0 Å². The lowest BCUT2D eigenvalue weighted by atomic mass is 10.2. The maximum Gasteiger partial charge on any atom is 0.292 e. The molecule has 0 fully saturated rings. The molecule has 6 heteroatoms. The van der Waals surface area contributed by atoms with Crippen LogP contribution < -0.4 is 4.90 Å². The Morgan fingerprint density at radius 1 is 1.12 bits per heavy atom. The van der Waals surface area contributed by atoms with E-state index in [1.807, 2.05) is 30.3 Å². The molecule has 1 unspecified atom stereocenters. The summed E-state index contributed by atoms with van der Waals surface area (Å²) in [6.07, 6.45) is 0. The van der Waals surface area contributed by atoms with Gasteiger partial charge in [-0.15, -0.1) is 5.10 Å². The summed E-state index contributed by atoms with van der Waals surface area (Å²) < 4.78 is 7.44. The minimum atomic E-state index is 0.385. The van der Waals surface area contributed by atoms with E-state index in [-0.39, 0.29) is 0 Å². The van der Waals surface area contributed by atoms with Crippen LogP contribution in [0.1, 0.15) is 19.4 Å². The van der Waals surface area contributed by atoms with Gasteiger partial charge >= 0.3 is 0 Å². The quantitative estimate of drug-likeness (QED) is 0.663. The first-order valence-electron chi connectivity index (χ1n) is 8.25. The minimum Gasteiger partial charge on any atom is -0.409 e. The summed E-state index contributed by atoms with van der Waals surface area (Å²) >= 11 is 11.3. The second-order valence-electron chi connectivity index (χ2n) is 6.31. The Kier molecular flexibility index (Phi) is 5.68. The van der Waals surface area contributed by atoms with Crippen LogP contribution in [-0.2, 0) is 13.2 Å².